The van der Waals surface area contributed by atoms with E-state index < -0.39 is 45.8 Å². The van der Waals surface area contributed by atoms with Gasteiger partial charge in [-0.15, -0.1) is 0 Å². The SMILES string of the molecule is Cn1cc(S(=O)(=O)N(CC(F)(F)F)[C@H]2CCC3=Cc4c(cnn4-c4ccc(F)cc4)C[C@]3(C(=O)c3cc(Cl)ccn3)C2)cn1. The smallest absolute Gasteiger partial charge is 0.291 e. The van der Waals surface area contributed by atoms with Gasteiger partial charge in [-0.05, 0) is 73.7 Å². The zero-order chi connectivity index (χ0) is 31.4. The van der Waals surface area contributed by atoms with E-state index in [-0.39, 0.29) is 41.3 Å². The number of hydrogen-bond donors (Lipinski definition) is 0. The fourth-order valence-corrected chi connectivity index (χ4v) is 7.93. The van der Waals surface area contributed by atoms with E-state index in [1.54, 1.807) is 29.1 Å². The van der Waals surface area contributed by atoms with E-state index in [1.807, 2.05) is 0 Å². The van der Waals surface area contributed by atoms with E-state index in [1.165, 1.54) is 42.2 Å². The number of sulfonamides is 1. The van der Waals surface area contributed by atoms with Gasteiger partial charge in [0.2, 0.25) is 10.0 Å². The number of aromatic nitrogens is 5. The van der Waals surface area contributed by atoms with Crippen LogP contribution in [0.2, 0.25) is 5.02 Å². The van der Waals surface area contributed by atoms with Crippen LogP contribution in [-0.2, 0) is 23.5 Å². The number of alkyl halides is 3. The number of Topliss-reactive ketones (excluding diaryl/α,β-unsaturated/α-hetero) is 1. The van der Waals surface area contributed by atoms with Gasteiger partial charge in [0, 0.05) is 30.5 Å². The van der Waals surface area contributed by atoms with Gasteiger partial charge in [0.25, 0.3) is 0 Å². The molecule has 0 aliphatic heterocycles. The summed E-state index contributed by atoms with van der Waals surface area (Å²) in [5.74, 6) is -0.906. The first-order valence-electron chi connectivity index (χ1n) is 13.5. The third-order valence-corrected chi connectivity index (χ3v) is 10.2. The highest BCUT2D eigenvalue weighted by molar-refractivity contribution is 7.89. The van der Waals surface area contributed by atoms with E-state index in [0.717, 1.165) is 12.4 Å². The summed E-state index contributed by atoms with van der Waals surface area (Å²) in [7, 11) is -3.19. The Balaban J connectivity index is 1.46. The Bertz CT molecular complexity index is 1890. The number of nitrogens with zero attached hydrogens (tertiary/aromatic N) is 6. The molecule has 4 aromatic rings. The fourth-order valence-electron chi connectivity index (χ4n) is 6.15. The molecule has 0 radical (unpaired) electrons. The van der Waals surface area contributed by atoms with Gasteiger partial charge in [-0.1, -0.05) is 17.2 Å². The molecule has 2 atom stereocenters. The standard InChI is InChI=1S/C29H25ClF4N6O3S/c1-38-16-24(15-36-38)44(42,43)39(17-29(32,33)34)23-5-2-19-10-26-18(14-37-40(26)22-6-3-21(31)4-7-22)12-28(19,13-23)27(41)25-11-20(30)8-9-35-25/h3-4,6-11,14-16,23H,2,5,12-13,17H2,1H3/t23-,28-/m0/s1. The largest absolute Gasteiger partial charge is 0.402 e. The topological polar surface area (TPSA) is 103 Å². The van der Waals surface area contributed by atoms with E-state index in [9.17, 15) is 30.8 Å². The molecule has 3 heterocycles. The third kappa shape index (κ3) is 5.46. The molecule has 0 spiro atoms. The van der Waals surface area contributed by atoms with E-state index in [2.05, 4.69) is 15.2 Å². The molecule has 230 valence electrons. The Morgan fingerprint density at radius 3 is 2.57 bits per heavy atom. The summed E-state index contributed by atoms with van der Waals surface area (Å²) in [6.07, 6.45) is 1.93. The van der Waals surface area contributed by atoms with Crippen molar-refractivity contribution in [2.45, 2.75) is 42.8 Å². The number of pyridine rings is 1. The van der Waals surface area contributed by atoms with Gasteiger partial charge in [0.15, 0.2) is 5.78 Å². The number of rotatable bonds is 7. The minimum atomic E-state index is -4.85. The van der Waals surface area contributed by atoms with Crippen molar-refractivity contribution in [1.82, 2.24) is 28.9 Å². The Hall–Kier alpha value is -3.88. The molecule has 0 bridgehead atoms. The molecular formula is C29H25ClF4N6O3S. The summed E-state index contributed by atoms with van der Waals surface area (Å²) < 4.78 is 85.9. The Morgan fingerprint density at radius 2 is 1.91 bits per heavy atom. The summed E-state index contributed by atoms with van der Waals surface area (Å²) >= 11 is 6.18. The molecule has 3 aromatic heterocycles. The Labute approximate surface area is 254 Å². The van der Waals surface area contributed by atoms with Gasteiger partial charge in [-0.3, -0.25) is 14.5 Å². The summed E-state index contributed by atoms with van der Waals surface area (Å²) in [4.78, 5) is 18.2. The first-order chi connectivity index (χ1) is 20.8. The fraction of sp³-hybridized carbons (Fsp3) is 0.310. The lowest BCUT2D eigenvalue weighted by Gasteiger charge is -2.46. The number of ketones is 1. The number of halogens is 5. The predicted octanol–water partition coefficient (Wildman–Crippen LogP) is 5.41. The summed E-state index contributed by atoms with van der Waals surface area (Å²) in [5.41, 5.74) is 1.03. The molecule has 2 aliphatic carbocycles. The monoisotopic (exact) mass is 648 g/mol. The zero-order valence-corrected chi connectivity index (χ0v) is 24.7. The van der Waals surface area contributed by atoms with Crippen LogP contribution in [0.5, 0.6) is 0 Å². The molecule has 15 heteroatoms. The van der Waals surface area contributed by atoms with Crippen LogP contribution in [0.25, 0.3) is 11.8 Å². The molecule has 0 N–H and O–H groups in total. The van der Waals surface area contributed by atoms with Crippen molar-refractivity contribution in [2.75, 3.05) is 6.54 Å². The van der Waals surface area contributed by atoms with Crippen LogP contribution in [0.15, 0.2) is 71.7 Å². The maximum atomic E-state index is 14.4. The second-order valence-electron chi connectivity index (χ2n) is 11.0. The van der Waals surface area contributed by atoms with E-state index >= 15 is 0 Å². The summed E-state index contributed by atoms with van der Waals surface area (Å²) in [5, 5.41) is 8.54. The number of carbonyl (C=O) groups is 1. The van der Waals surface area contributed by atoms with Gasteiger partial charge in [0.1, 0.15) is 23.0 Å². The molecule has 1 aromatic carbocycles. The minimum Gasteiger partial charge on any atom is -0.291 e. The number of carbonyl (C=O) groups excluding carboxylic acids is 1. The number of aryl methyl sites for hydroxylation is 1. The van der Waals surface area contributed by atoms with Gasteiger partial charge in [-0.25, -0.2) is 17.5 Å². The highest BCUT2D eigenvalue weighted by Gasteiger charge is 2.53. The predicted molar refractivity (Wildman–Crippen MR) is 152 cm³/mol. The first kappa shape index (κ1) is 30.2. The quantitative estimate of drug-likeness (QED) is 0.196. The van der Waals surface area contributed by atoms with Crippen molar-refractivity contribution < 1.29 is 30.8 Å². The normalized spacial score (nSPS) is 20.2. The third-order valence-electron chi connectivity index (χ3n) is 8.13. The molecule has 2 aliphatic rings. The van der Waals surface area contributed by atoms with Crippen LogP contribution < -0.4 is 0 Å². The zero-order valence-electron chi connectivity index (χ0n) is 23.2. The van der Waals surface area contributed by atoms with Crippen LogP contribution in [0.1, 0.15) is 41.0 Å². The molecule has 1 saturated carbocycles. The van der Waals surface area contributed by atoms with Crippen molar-refractivity contribution in [3.63, 3.8) is 0 Å². The van der Waals surface area contributed by atoms with Crippen LogP contribution in [0.3, 0.4) is 0 Å². The molecular weight excluding hydrogens is 624 g/mol. The van der Waals surface area contributed by atoms with Crippen molar-refractivity contribution in [2.24, 2.45) is 12.5 Å². The number of allylic oxidation sites excluding steroid dienone is 1. The van der Waals surface area contributed by atoms with Gasteiger partial charge >= 0.3 is 6.18 Å². The average molecular weight is 649 g/mol. The second-order valence-corrected chi connectivity index (χ2v) is 13.3. The van der Waals surface area contributed by atoms with E-state index in [4.69, 9.17) is 11.6 Å². The average Bonchev–Trinajstić information content (AvgIpc) is 3.60. The van der Waals surface area contributed by atoms with Crippen molar-refractivity contribution >= 4 is 33.5 Å². The molecule has 0 unspecified atom stereocenters. The van der Waals surface area contributed by atoms with Crippen molar-refractivity contribution in [3.8, 4) is 5.69 Å². The van der Waals surface area contributed by atoms with Crippen molar-refractivity contribution in [1.29, 1.82) is 0 Å². The summed E-state index contributed by atoms with van der Waals surface area (Å²) in [6.45, 7) is -1.73. The maximum Gasteiger partial charge on any atom is 0.402 e. The molecule has 9 nitrogen and oxygen atoms in total. The Morgan fingerprint density at radius 1 is 1.16 bits per heavy atom. The Kier molecular flexibility index (Phi) is 7.49. The lowest BCUT2D eigenvalue weighted by molar-refractivity contribution is -0.140. The minimum absolute atomic E-state index is 0.0101. The molecule has 1 fully saturated rings. The lowest BCUT2D eigenvalue weighted by atomic mass is 9.60. The van der Waals surface area contributed by atoms with Crippen molar-refractivity contribution in [3.05, 3.63) is 94.5 Å². The second kappa shape index (κ2) is 10.9. The number of fused-ring (bicyclic) bond motifs is 2. The maximum absolute atomic E-state index is 14.4. The highest BCUT2D eigenvalue weighted by Crippen LogP contribution is 2.51. The molecule has 44 heavy (non-hydrogen) atoms. The van der Waals surface area contributed by atoms with Crippen LogP contribution in [-0.4, -0.2) is 61.8 Å². The summed E-state index contributed by atoms with van der Waals surface area (Å²) in [6, 6.07) is 7.39. The first-order valence-corrected chi connectivity index (χ1v) is 15.4. The van der Waals surface area contributed by atoms with Gasteiger partial charge in [0.05, 0.1) is 29.2 Å². The van der Waals surface area contributed by atoms with E-state index in [0.29, 0.717) is 26.8 Å². The van der Waals surface area contributed by atoms with Gasteiger partial charge < -0.3 is 0 Å². The number of benzene rings is 1. The molecule has 0 saturated heterocycles. The lowest BCUT2D eigenvalue weighted by Crippen LogP contribution is -2.52. The van der Waals surface area contributed by atoms with Gasteiger partial charge in [-0.2, -0.15) is 27.7 Å². The molecule has 6 rings (SSSR count). The number of hydrogen-bond acceptors (Lipinski definition) is 6. The van der Waals surface area contributed by atoms with Crippen LogP contribution >= 0.6 is 11.6 Å². The highest BCUT2D eigenvalue weighted by atomic mass is 35.5. The van der Waals surface area contributed by atoms with Crippen LogP contribution in [0.4, 0.5) is 17.6 Å². The van der Waals surface area contributed by atoms with Crippen LogP contribution in [0, 0.1) is 11.2 Å². The molecule has 0 amide bonds.